The number of ether oxygens (including phenoxy) is 16. The summed E-state index contributed by atoms with van der Waals surface area (Å²) in [6.45, 7) is -8.64. The molecule has 0 radical (unpaired) electrons. The quantitative estimate of drug-likeness (QED) is 0.107. The number of aliphatic hydroxyl groups is 24. The maximum atomic E-state index is 11.4. The van der Waals surface area contributed by atoms with E-state index >= 15 is 0 Å². The molecule has 0 aromatic heterocycles. The molecule has 30 heterocycles. The Morgan fingerprint density at radius 1 is 0.136 bits per heavy atom. The van der Waals surface area contributed by atoms with Crippen molar-refractivity contribution in [3.63, 3.8) is 0 Å². The van der Waals surface area contributed by atoms with Gasteiger partial charge in [0.25, 0.3) is 0 Å². The third-order valence-electron chi connectivity index (χ3n) is 16.9. The highest BCUT2D eigenvalue weighted by atomic mass is 16.8. The van der Waals surface area contributed by atoms with Gasteiger partial charge in [-0.15, -0.1) is 0 Å². The number of hydrogen-bond acceptors (Lipinski definition) is 40. The first-order valence-corrected chi connectivity index (χ1v) is 28.1. The SMILES string of the molecule is OC[C@H]1OC2O[C@H]3[C@H](O)[C@H](O)C(O[C@@H]4[C@H](O)[C@@H](O)C(O[C@H]5[C@H](O)[C@H](O)C(O[C@@H]6[C@H](O)[C@@H](O)C(O[C@H]7[C@H](O)[C@H](O)C(O[C@@H]8[C@H](O)[C@@H](O)C(O[C@H]9[C@H](O)[C@H](O)C(O[C@@H]1[C@H](O)[C@H]2O)O[C@@H]9CO)O[C@@H]8CO)O[C@@H]7CO)O[C@@H]6CO)O[C@@H]5CO)O[C@@H]4CO)O[C@@H]3CO. The Hall–Kier alpha value is -1.60. The molecule has 16 bridgehead atoms. The molecule has 40 nitrogen and oxygen atoms in total. The molecule has 88 heavy (non-hydrogen) atoms. The first-order valence-electron chi connectivity index (χ1n) is 28.1. The van der Waals surface area contributed by atoms with Crippen LogP contribution in [0.3, 0.4) is 0 Å². The minimum absolute atomic E-state index is 1.08. The van der Waals surface area contributed by atoms with E-state index in [0.717, 1.165) is 0 Å². The van der Waals surface area contributed by atoms with E-state index in [1.165, 1.54) is 0 Å². The van der Waals surface area contributed by atoms with Gasteiger partial charge in [-0.2, -0.15) is 0 Å². The predicted molar refractivity (Wildman–Crippen MR) is 261 cm³/mol. The van der Waals surface area contributed by atoms with Crippen molar-refractivity contribution in [1.29, 1.82) is 0 Å². The molecule has 24 N–H and O–H groups in total. The average molecular weight is 1300 g/mol. The fourth-order valence-electron chi connectivity index (χ4n) is 11.9. The van der Waals surface area contributed by atoms with Gasteiger partial charge in [0.1, 0.15) is 195 Å². The topological polar surface area (TPSA) is 633 Å². The molecule has 40 atom stereocenters. The zero-order valence-electron chi connectivity index (χ0n) is 46.0. The fraction of sp³-hybridized carbons (Fsp3) is 1.00. The Bertz CT molecular complexity index is 1700. The summed E-state index contributed by atoms with van der Waals surface area (Å²) in [4.78, 5) is 0. The Labute approximate surface area is 496 Å². The summed E-state index contributed by atoms with van der Waals surface area (Å²) in [5, 5.41) is 265. The van der Waals surface area contributed by atoms with Gasteiger partial charge in [0, 0.05) is 0 Å². The molecule has 0 aromatic rings. The average Bonchev–Trinajstić information content (AvgIpc) is 1.09. The van der Waals surface area contributed by atoms with Gasteiger partial charge in [-0.25, -0.2) is 0 Å². The second-order valence-electron chi connectivity index (χ2n) is 22.5. The van der Waals surface area contributed by atoms with Crippen molar-refractivity contribution < 1.29 is 198 Å². The van der Waals surface area contributed by atoms with Crippen LogP contribution in [0.4, 0.5) is 0 Å². The first kappa shape index (κ1) is 70.7. The summed E-state index contributed by atoms with van der Waals surface area (Å²) in [7, 11) is 0. The number of rotatable bonds is 8. The van der Waals surface area contributed by atoms with Gasteiger partial charge < -0.3 is 198 Å². The van der Waals surface area contributed by atoms with Gasteiger partial charge in [-0.05, 0) is 0 Å². The summed E-state index contributed by atoms with van der Waals surface area (Å²) >= 11 is 0. The van der Waals surface area contributed by atoms with E-state index < -0.39 is 299 Å². The molecule has 30 rings (SSSR count). The van der Waals surface area contributed by atoms with Crippen LogP contribution in [0.5, 0.6) is 0 Å². The van der Waals surface area contributed by atoms with Gasteiger partial charge in [0.05, 0.1) is 52.9 Å². The molecule has 8 unspecified atom stereocenters. The molecule has 30 fully saturated rings. The Kier molecular flexibility index (Phi) is 24.1. The number of hydrogen-bond donors (Lipinski definition) is 24. The lowest BCUT2D eigenvalue weighted by molar-refractivity contribution is -0.404. The van der Waals surface area contributed by atoms with Crippen molar-refractivity contribution >= 4 is 0 Å². The minimum Gasteiger partial charge on any atom is -0.394 e. The molecular weight excluding hydrogens is 1220 g/mol. The highest BCUT2D eigenvalue weighted by molar-refractivity contribution is 5.02. The summed E-state index contributed by atoms with van der Waals surface area (Å²) in [6, 6.07) is 0. The third kappa shape index (κ3) is 13.8. The van der Waals surface area contributed by atoms with Gasteiger partial charge in [0.15, 0.2) is 50.3 Å². The highest BCUT2D eigenvalue weighted by Crippen LogP contribution is 2.40. The van der Waals surface area contributed by atoms with Crippen LogP contribution in [0.25, 0.3) is 0 Å². The van der Waals surface area contributed by atoms with Crippen LogP contribution in [0, 0.1) is 0 Å². The zero-order valence-corrected chi connectivity index (χ0v) is 46.0. The molecule has 30 aliphatic heterocycles. The van der Waals surface area contributed by atoms with Gasteiger partial charge in [0.2, 0.25) is 0 Å². The van der Waals surface area contributed by atoms with Gasteiger partial charge in [-0.1, -0.05) is 0 Å². The Balaban J connectivity index is 0.975. The fourth-order valence-corrected chi connectivity index (χ4v) is 11.9. The van der Waals surface area contributed by atoms with Crippen LogP contribution in [0.1, 0.15) is 0 Å². The maximum absolute atomic E-state index is 11.4. The summed E-state index contributed by atoms with van der Waals surface area (Å²) in [5.41, 5.74) is 0. The van der Waals surface area contributed by atoms with E-state index in [1.807, 2.05) is 0 Å². The lowest BCUT2D eigenvalue weighted by Crippen LogP contribution is -2.69. The van der Waals surface area contributed by atoms with Crippen molar-refractivity contribution in [2.75, 3.05) is 52.9 Å². The van der Waals surface area contributed by atoms with Crippen LogP contribution < -0.4 is 0 Å². The van der Waals surface area contributed by atoms with Gasteiger partial charge in [-0.3, -0.25) is 0 Å². The molecule has 30 aliphatic rings. The summed E-state index contributed by atoms with van der Waals surface area (Å²) < 4.78 is 91.1. The van der Waals surface area contributed by atoms with E-state index in [2.05, 4.69) is 0 Å². The normalized spacial score (nSPS) is 55.4. The van der Waals surface area contributed by atoms with E-state index in [-0.39, 0.29) is 0 Å². The smallest absolute Gasteiger partial charge is 0.187 e. The van der Waals surface area contributed by atoms with Gasteiger partial charge >= 0.3 is 0 Å². The third-order valence-corrected chi connectivity index (χ3v) is 16.9. The van der Waals surface area contributed by atoms with Crippen molar-refractivity contribution in [2.24, 2.45) is 0 Å². The van der Waals surface area contributed by atoms with E-state index in [1.54, 1.807) is 0 Å². The van der Waals surface area contributed by atoms with Crippen LogP contribution in [-0.2, 0) is 75.8 Å². The van der Waals surface area contributed by atoms with Crippen LogP contribution in [0.2, 0.25) is 0 Å². The summed E-state index contributed by atoms with van der Waals surface area (Å²) in [5.74, 6) is 0. The molecule has 0 aromatic carbocycles. The van der Waals surface area contributed by atoms with Crippen molar-refractivity contribution in [1.82, 2.24) is 0 Å². The molecular formula is C48H80O40. The molecule has 0 amide bonds. The standard InChI is InChI=1S/C48H80O40/c49-1-9-33-17(57)25(65)41(73-9)82-34-10(2-50)75-43(27(67)19(34)59)84-36-12(4-52)77-45(29(69)21(36)61)86-38-14(6-54)79-47(31(71)23(38)63)88-40-16(8-56)80-48(32(72)24(40)64)87-39-15(7-55)78-46(30(70)22(39)62)85-37-13(5-53)76-44(28(68)20(37)60)83-35-11(3-51)74-42(81-33)26(66)18(35)58/h9-72H,1-8H2/t9-,10-,11-,12-,13-,14-,15-,16-,17-,18-,19-,20-,21-,22-,23-,24-,25-,26+,27+,28-,29-,30+,31+,32-,33+,34-,35-,36+,37+,38-,39-,40+,41?,42?,43?,44?,45?,46?,47?,48?/m1/s1. The van der Waals surface area contributed by atoms with Crippen molar-refractivity contribution in [2.45, 2.75) is 246 Å². The van der Waals surface area contributed by atoms with Crippen molar-refractivity contribution in [3.8, 4) is 0 Å². The predicted octanol–water partition coefficient (Wildman–Crippen LogP) is -17.4. The highest BCUT2D eigenvalue weighted by Gasteiger charge is 2.60. The molecule has 40 heteroatoms. The van der Waals surface area contributed by atoms with Crippen LogP contribution >= 0.6 is 0 Å². The van der Waals surface area contributed by atoms with Crippen LogP contribution in [-0.4, -0.2) is 421 Å². The minimum atomic E-state index is -2.25. The Morgan fingerprint density at radius 3 is 0.307 bits per heavy atom. The van der Waals surface area contributed by atoms with Crippen molar-refractivity contribution in [3.05, 3.63) is 0 Å². The molecule has 512 valence electrons. The maximum Gasteiger partial charge on any atom is 0.187 e. The lowest BCUT2D eigenvalue weighted by Gasteiger charge is -2.50. The molecule has 0 saturated carbocycles. The van der Waals surface area contributed by atoms with E-state index in [0.29, 0.717) is 0 Å². The molecule has 0 aliphatic carbocycles. The summed E-state index contributed by atoms with van der Waals surface area (Å²) in [6.07, 6.45) is -82.0. The largest absolute Gasteiger partial charge is 0.394 e. The van der Waals surface area contributed by atoms with E-state index in [4.69, 9.17) is 75.8 Å². The number of aliphatic hydroxyl groups excluding tert-OH is 24. The second kappa shape index (κ2) is 30.0. The Morgan fingerprint density at radius 2 is 0.227 bits per heavy atom. The zero-order chi connectivity index (χ0) is 64.1. The van der Waals surface area contributed by atoms with E-state index in [9.17, 15) is 123 Å². The van der Waals surface area contributed by atoms with Crippen LogP contribution in [0.15, 0.2) is 0 Å². The molecule has 0 spiro atoms. The molecule has 30 saturated heterocycles. The lowest BCUT2D eigenvalue weighted by atomic mass is 9.94. The first-order chi connectivity index (χ1) is 41.9. The second-order valence-corrected chi connectivity index (χ2v) is 22.5. The monoisotopic (exact) mass is 1300 g/mol.